The van der Waals surface area contributed by atoms with E-state index in [0.29, 0.717) is 17.9 Å². The average Bonchev–Trinajstić information content (AvgIpc) is 2.84. The first-order valence-electron chi connectivity index (χ1n) is 9.05. The van der Waals surface area contributed by atoms with Crippen LogP contribution in [0.15, 0.2) is 35.5 Å². The van der Waals surface area contributed by atoms with Gasteiger partial charge in [0.05, 0.1) is 5.71 Å². The van der Waals surface area contributed by atoms with Crippen LogP contribution < -0.4 is 0 Å². The van der Waals surface area contributed by atoms with Gasteiger partial charge in [0.25, 0.3) is 0 Å². The fourth-order valence-corrected chi connectivity index (χ4v) is 4.85. The van der Waals surface area contributed by atoms with E-state index in [9.17, 15) is 5.21 Å². The highest BCUT2D eigenvalue weighted by Gasteiger charge is 2.42. The van der Waals surface area contributed by atoms with Crippen LogP contribution in [-0.2, 0) is 6.54 Å². The van der Waals surface area contributed by atoms with Gasteiger partial charge < -0.3 is 5.21 Å². The van der Waals surface area contributed by atoms with Crippen molar-refractivity contribution in [3.05, 3.63) is 35.9 Å². The zero-order chi connectivity index (χ0) is 15.6. The van der Waals surface area contributed by atoms with Gasteiger partial charge in [-0.1, -0.05) is 35.5 Å². The average molecular weight is 313 g/mol. The first-order chi connectivity index (χ1) is 11.3. The smallest absolute Gasteiger partial charge is 0.0633 e. The van der Waals surface area contributed by atoms with Crippen LogP contribution in [0, 0.1) is 11.8 Å². The molecule has 2 unspecified atom stereocenters. The zero-order valence-electron chi connectivity index (χ0n) is 13.8. The zero-order valence-corrected chi connectivity index (χ0v) is 13.8. The molecule has 0 aromatic heterocycles. The van der Waals surface area contributed by atoms with Gasteiger partial charge in [0.15, 0.2) is 0 Å². The lowest BCUT2D eigenvalue weighted by Gasteiger charge is -2.42. The van der Waals surface area contributed by atoms with Crippen LogP contribution in [0.1, 0.15) is 31.2 Å². The molecule has 1 aromatic rings. The van der Waals surface area contributed by atoms with E-state index in [0.717, 1.165) is 12.3 Å². The van der Waals surface area contributed by atoms with Gasteiger partial charge in [0.1, 0.15) is 0 Å². The third-order valence-electron chi connectivity index (χ3n) is 6.10. The monoisotopic (exact) mass is 313 g/mol. The fourth-order valence-electron chi connectivity index (χ4n) is 4.85. The molecule has 1 aromatic carbocycles. The molecule has 0 spiro atoms. The van der Waals surface area contributed by atoms with Gasteiger partial charge in [0.2, 0.25) is 0 Å². The summed E-state index contributed by atoms with van der Waals surface area (Å²) < 4.78 is 0. The van der Waals surface area contributed by atoms with Gasteiger partial charge in [-0.15, -0.1) is 0 Å². The molecular weight excluding hydrogens is 286 g/mol. The van der Waals surface area contributed by atoms with Crippen LogP contribution in [0.4, 0.5) is 0 Å². The van der Waals surface area contributed by atoms with E-state index in [1.54, 1.807) is 0 Å². The van der Waals surface area contributed by atoms with Crippen molar-refractivity contribution in [3.8, 4) is 0 Å². The maximum atomic E-state index is 9.21. The summed E-state index contributed by atoms with van der Waals surface area (Å²) in [6.45, 7) is 5.78. The van der Waals surface area contributed by atoms with E-state index in [2.05, 4.69) is 45.3 Å². The topological polar surface area (TPSA) is 39.1 Å². The number of rotatable bonds is 3. The van der Waals surface area contributed by atoms with Crippen molar-refractivity contribution in [1.29, 1.82) is 0 Å². The van der Waals surface area contributed by atoms with Gasteiger partial charge in [-0.2, -0.15) is 0 Å². The predicted molar refractivity (Wildman–Crippen MR) is 91.7 cm³/mol. The molecule has 0 radical (unpaired) electrons. The minimum absolute atomic E-state index is 0.547. The summed E-state index contributed by atoms with van der Waals surface area (Å²) in [4.78, 5) is 5.27. The Morgan fingerprint density at radius 1 is 0.957 bits per heavy atom. The second-order valence-electron chi connectivity index (χ2n) is 7.42. The van der Waals surface area contributed by atoms with Gasteiger partial charge in [-0.3, -0.25) is 9.80 Å². The molecule has 2 saturated carbocycles. The Bertz CT molecular complexity index is 535. The molecular formula is C19H27N3O. The fraction of sp³-hybridized carbons (Fsp3) is 0.632. The van der Waals surface area contributed by atoms with E-state index in [4.69, 9.17) is 0 Å². The molecule has 2 atom stereocenters. The third kappa shape index (κ3) is 3.15. The predicted octanol–water partition coefficient (Wildman–Crippen LogP) is 2.82. The number of nitrogens with zero attached hydrogens (tertiary/aromatic N) is 3. The number of hydrogen-bond donors (Lipinski definition) is 1. The van der Waals surface area contributed by atoms with E-state index in [-0.39, 0.29) is 0 Å². The second-order valence-corrected chi connectivity index (χ2v) is 7.42. The van der Waals surface area contributed by atoms with Crippen molar-refractivity contribution < 1.29 is 5.21 Å². The van der Waals surface area contributed by atoms with Crippen LogP contribution in [0.5, 0.6) is 0 Å². The summed E-state index contributed by atoms with van der Waals surface area (Å²) >= 11 is 0. The minimum atomic E-state index is 0.547. The maximum Gasteiger partial charge on any atom is 0.0633 e. The molecule has 124 valence electrons. The Kier molecular flexibility index (Phi) is 4.36. The van der Waals surface area contributed by atoms with Crippen LogP contribution >= 0.6 is 0 Å². The van der Waals surface area contributed by atoms with Crippen molar-refractivity contribution >= 4 is 5.71 Å². The molecule has 4 heteroatoms. The number of oxime groups is 1. The Hall–Kier alpha value is -1.39. The van der Waals surface area contributed by atoms with E-state index in [1.807, 2.05) is 0 Å². The molecule has 2 bridgehead atoms. The third-order valence-corrected chi connectivity index (χ3v) is 6.10. The minimum Gasteiger partial charge on any atom is -0.411 e. The summed E-state index contributed by atoms with van der Waals surface area (Å²) in [5.74, 6) is 1.09. The number of benzene rings is 1. The molecule has 0 amide bonds. The molecule has 2 aliphatic carbocycles. The lowest BCUT2D eigenvalue weighted by molar-refractivity contribution is 0.0758. The lowest BCUT2D eigenvalue weighted by Crippen LogP contribution is -2.52. The number of piperazine rings is 1. The summed E-state index contributed by atoms with van der Waals surface area (Å²) in [6.07, 6.45) is 4.87. The summed E-state index contributed by atoms with van der Waals surface area (Å²) in [5.41, 5.74) is 2.52. The van der Waals surface area contributed by atoms with Gasteiger partial charge >= 0.3 is 0 Å². The molecule has 3 aliphatic rings. The highest BCUT2D eigenvalue weighted by molar-refractivity contribution is 5.91. The highest BCUT2D eigenvalue weighted by Crippen LogP contribution is 2.41. The normalized spacial score (nSPS) is 32.2. The van der Waals surface area contributed by atoms with E-state index >= 15 is 0 Å². The standard InChI is InChI=1S/C19H27N3O/c23-20-19-16-6-7-17(19)13-18(12-16)22-10-8-21(9-11-22)14-15-4-2-1-3-5-15/h1-5,16-18,23H,6-14H2. The second kappa shape index (κ2) is 6.62. The molecule has 23 heavy (non-hydrogen) atoms. The largest absolute Gasteiger partial charge is 0.411 e. The van der Waals surface area contributed by atoms with Crippen molar-refractivity contribution in [2.75, 3.05) is 26.2 Å². The van der Waals surface area contributed by atoms with Crippen LogP contribution in [0.25, 0.3) is 0 Å². The molecule has 1 saturated heterocycles. The Balaban J connectivity index is 1.30. The number of hydrogen-bond acceptors (Lipinski definition) is 4. The van der Waals surface area contributed by atoms with Crippen LogP contribution in [-0.4, -0.2) is 52.9 Å². The number of fused-ring (bicyclic) bond motifs is 2. The summed E-state index contributed by atoms with van der Waals surface area (Å²) in [5, 5.41) is 12.8. The molecule has 4 rings (SSSR count). The van der Waals surface area contributed by atoms with Crippen LogP contribution in [0.2, 0.25) is 0 Å². The SMILES string of the molecule is ON=C1C2CCC1CC(N1CCN(Cc3ccccc3)CC1)C2. The van der Waals surface area contributed by atoms with Crippen molar-refractivity contribution in [3.63, 3.8) is 0 Å². The maximum absolute atomic E-state index is 9.21. The molecule has 1 heterocycles. The first kappa shape index (κ1) is 15.2. The van der Waals surface area contributed by atoms with E-state index in [1.165, 1.54) is 57.4 Å². The summed E-state index contributed by atoms with van der Waals surface area (Å²) in [6, 6.07) is 11.5. The van der Waals surface area contributed by atoms with Crippen molar-refractivity contribution in [2.45, 2.75) is 38.3 Å². The summed E-state index contributed by atoms with van der Waals surface area (Å²) in [7, 11) is 0. The molecule has 3 fully saturated rings. The molecule has 1 N–H and O–H groups in total. The van der Waals surface area contributed by atoms with Gasteiger partial charge in [0, 0.05) is 50.6 Å². The highest BCUT2D eigenvalue weighted by atomic mass is 16.4. The Labute approximate surface area is 138 Å². The Morgan fingerprint density at radius 2 is 1.61 bits per heavy atom. The Morgan fingerprint density at radius 3 is 2.22 bits per heavy atom. The quantitative estimate of drug-likeness (QED) is 0.689. The lowest BCUT2D eigenvalue weighted by atomic mass is 9.82. The van der Waals surface area contributed by atoms with Gasteiger partial charge in [-0.05, 0) is 31.2 Å². The van der Waals surface area contributed by atoms with Gasteiger partial charge in [-0.25, -0.2) is 0 Å². The molecule has 1 aliphatic heterocycles. The van der Waals surface area contributed by atoms with Crippen molar-refractivity contribution in [1.82, 2.24) is 9.80 Å². The van der Waals surface area contributed by atoms with Crippen LogP contribution in [0.3, 0.4) is 0 Å². The molecule has 4 nitrogen and oxygen atoms in total. The first-order valence-corrected chi connectivity index (χ1v) is 9.05. The van der Waals surface area contributed by atoms with E-state index < -0.39 is 0 Å². The van der Waals surface area contributed by atoms with Crippen molar-refractivity contribution in [2.24, 2.45) is 17.0 Å².